The highest BCUT2D eigenvalue weighted by molar-refractivity contribution is 6.05. The molecule has 0 saturated carbocycles. The maximum Gasteiger partial charge on any atom is 0.278 e. The smallest absolute Gasteiger partial charge is 0.278 e. The average molecular weight is 821 g/mol. The second-order valence-electron chi connectivity index (χ2n) is 16.1. The molecular weight excluding hydrogens is 773 g/mol. The van der Waals surface area contributed by atoms with Gasteiger partial charge in [0.05, 0.1) is 12.2 Å². The summed E-state index contributed by atoms with van der Waals surface area (Å²) in [5.74, 6) is 6.52. The highest BCUT2D eigenvalue weighted by Gasteiger charge is 2.40. The van der Waals surface area contributed by atoms with Crippen LogP contribution in [0.1, 0.15) is 78.2 Å². The Bertz CT molecular complexity index is 2690. The zero-order valence-corrected chi connectivity index (χ0v) is 34.2. The van der Waals surface area contributed by atoms with Crippen molar-refractivity contribution in [3.63, 3.8) is 0 Å². The fourth-order valence-corrected chi connectivity index (χ4v) is 8.98. The molecule has 15 nitrogen and oxygen atoms in total. The molecule has 3 N–H and O–H groups in total. The first kappa shape index (κ1) is 39.8. The number of allylic oxidation sites excluding steroid dienone is 1. The maximum atomic E-state index is 13.5. The summed E-state index contributed by atoms with van der Waals surface area (Å²) in [6.45, 7) is 11.0. The Kier molecular flexibility index (Phi) is 10.7. The molecule has 61 heavy (non-hydrogen) atoms. The molecule has 0 spiro atoms. The molecule has 0 bridgehead atoms. The molecule has 2 aromatic carbocycles. The molecule has 3 aromatic heterocycles. The monoisotopic (exact) mass is 820 g/mol. The molecular formula is C46H48N10O5. The Labute approximate surface area is 353 Å². The molecule has 2 fully saturated rings. The van der Waals surface area contributed by atoms with Crippen LogP contribution in [0.5, 0.6) is 0 Å². The van der Waals surface area contributed by atoms with Crippen LogP contribution in [0.3, 0.4) is 0 Å². The third kappa shape index (κ3) is 7.57. The number of imide groups is 1. The maximum absolute atomic E-state index is 13.5. The second-order valence-corrected chi connectivity index (χ2v) is 16.1. The van der Waals surface area contributed by atoms with Crippen molar-refractivity contribution in [2.75, 3.05) is 42.9 Å². The van der Waals surface area contributed by atoms with Gasteiger partial charge in [0.15, 0.2) is 11.5 Å². The lowest BCUT2D eigenvalue weighted by Crippen LogP contribution is -2.52. The number of fused-ring (bicyclic) bond motifs is 3. The van der Waals surface area contributed by atoms with Crippen LogP contribution in [0.4, 0.5) is 17.3 Å². The molecule has 312 valence electrons. The van der Waals surface area contributed by atoms with Crippen LogP contribution < -0.4 is 21.1 Å². The molecule has 2 atom stereocenters. The molecule has 2 saturated heterocycles. The van der Waals surface area contributed by atoms with Gasteiger partial charge in [0.25, 0.3) is 11.5 Å². The van der Waals surface area contributed by atoms with Gasteiger partial charge in [-0.3, -0.25) is 29.4 Å². The Morgan fingerprint density at radius 3 is 2.61 bits per heavy atom. The summed E-state index contributed by atoms with van der Waals surface area (Å²) >= 11 is 0. The van der Waals surface area contributed by atoms with Gasteiger partial charge >= 0.3 is 0 Å². The fourth-order valence-electron chi connectivity index (χ4n) is 8.98. The van der Waals surface area contributed by atoms with Crippen LogP contribution in [0.15, 0.2) is 78.2 Å². The molecule has 15 heteroatoms. The van der Waals surface area contributed by atoms with Gasteiger partial charge in [-0.15, -0.1) is 6.58 Å². The zero-order valence-electron chi connectivity index (χ0n) is 34.2. The Morgan fingerprint density at radius 1 is 1.02 bits per heavy atom. The van der Waals surface area contributed by atoms with Crippen LogP contribution in [0, 0.1) is 11.8 Å². The predicted octanol–water partition coefficient (Wildman–Crippen LogP) is 4.17. The standard InChI is InChI=1S/C46H48N10O5/c1-3-22-55-44(60)35-28-47-45(51-41(35)56(55)38-18-12-31-20-21-46(61,4-2)40(31)49-38)48-32-13-15-33(16-14-32)53-26-24-52(25-27-53)23-7-5-6-9-30-10-8-11-34-36(30)29-54(43(34)59)37-17-19-39(57)50-42(37)58/h3,8,10-16,18,28,37,61H,1,4-5,7,17,19-27,29H2,2H3,(H,47,48,51)(H,50,57,58)/t37?,46-/m1/s1. The van der Waals surface area contributed by atoms with Gasteiger partial charge in [-0.1, -0.05) is 37.0 Å². The molecule has 9 rings (SSSR count). The minimum atomic E-state index is -0.999. The normalized spacial score (nSPS) is 20.0. The summed E-state index contributed by atoms with van der Waals surface area (Å²) in [6, 6.07) is 16.9. The predicted molar refractivity (Wildman–Crippen MR) is 231 cm³/mol. The lowest BCUT2D eigenvalue weighted by atomic mass is 9.98. The summed E-state index contributed by atoms with van der Waals surface area (Å²) < 4.78 is 3.23. The first-order chi connectivity index (χ1) is 29.6. The number of hydrogen-bond donors (Lipinski definition) is 3. The van der Waals surface area contributed by atoms with Crippen molar-refractivity contribution in [3.8, 4) is 17.7 Å². The van der Waals surface area contributed by atoms with Crippen molar-refractivity contribution in [3.05, 3.63) is 112 Å². The van der Waals surface area contributed by atoms with Crippen LogP contribution in [0.2, 0.25) is 0 Å². The van der Waals surface area contributed by atoms with Gasteiger partial charge in [0.2, 0.25) is 17.8 Å². The summed E-state index contributed by atoms with van der Waals surface area (Å²) in [4.78, 5) is 71.3. The largest absolute Gasteiger partial charge is 0.384 e. The van der Waals surface area contributed by atoms with Gasteiger partial charge in [-0.25, -0.2) is 19.3 Å². The van der Waals surface area contributed by atoms with E-state index >= 15 is 0 Å². The van der Waals surface area contributed by atoms with E-state index in [2.05, 4.69) is 56.0 Å². The molecule has 1 aliphatic carbocycles. The van der Waals surface area contributed by atoms with Gasteiger partial charge in [-0.05, 0) is 92.2 Å². The van der Waals surface area contributed by atoms with E-state index in [1.54, 1.807) is 21.7 Å². The molecule has 4 aliphatic rings. The number of rotatable bonds is 11. The van der Waals surface area contributed by atoms with Gasteiger partial charge in [0, 0.05) is 74.3 Å². The van der Waals surface area contributed by atoms with E-state index < -0.39 is 17.6 Å². The van der Waals surface area contributed by atoms with Crippen molar-refractivity contribution < 1.29 is 19.5 Å². The van der Waals surface area contributed by atoms with E-state index in [1.807, 2.05) is 43.3 Å². The van der Waals surface area contributed by atoms with Gasteiger partial charge < -0.3 is 20.2 Å². The van der Waals surface area contributed by atoms with Crippen molar-refractivity contribution in [1.29, 1.82) is 0 Å². The summed E-state index contributed by atoms with van der Waals surface area (Å²) in [6.07, 6.45) is 7.33. The van der Waals surface area contributed by atoms with Gasteiger partial charge in [-0.2, -0.15) is 4.98 Å². The number of nitrogens with one attached hydrogen (secondary N) is 2. The number of hydrogen-bond acceptors (Lipinski definition) is 11. The minimum Gasteiger partial charge on any atom is -0.384 e. The van der Waals surface area contributed by atoms with Crippen LogP contribution in [-0.4, -0.2) is 95.7 Å². The number of aromatic nitrogens is 5. The number of nitrogens with zero attached hydrogens (tertiary/aromatic N) is 8. The summed E-state index contributed by atoms with van der Waals surface area (Å²) in [5.41, 5.74) is 5.00. The van der Waals surface area contributed by atoms with E-state index in [4.69, 9.17) is 9.97 Å². The van der Waals surface area contributed by atoms with Crippen molar-refractivity contribution in [1.82, 2.24) is 39.4 Å². The molecule has 3 amide bonds. The number of aliphatic hydroxyl groups is 1. The average Bonchev–Trinajstić information content (AvgIpc) is 3.89. The van der Waals surface area contributed by atoms with Crippen molar-refractivity contribution in [2.24, 2.45) is 0 Å². The number of anilines is 3. The minimum absolute atomic E-state index is 0.190. The number of pyridine rings is 1. The number of benzene rings is 2. The topological polar surface area (TPSA) is 171 Å². The molecule has 3 aliphatic heterocycles. The molecule has 1 unspecified atom stereocenters. The molecule has 6 heterocycles. The number of carbonyl (C=O) groups is 3. The van der Waals surface area contributed by atoms with Crippen LogP contribution in [-0.2, 0) is 34.7 Å². The fraction of sp³-hybridized carbons (Fsp3) is 0.370. The number of unbranched alkanes of at least 4 members (excludes halogenated alkanes) is 1. The zero-order chi connectivity index (χ0) is 42.3. The Morgan fingerprint density at radius 2 is 1.84 bits per heavy atom. The van der Waals surface area contributed by atoms with Crippen molar-refractivity contribution in [2.45, 2.75) is 76.6 Å². The first-order valence-electron chi connectivity index (χ1n) is 21.1. The lowest BCUT2D eigenvalue weighted by Gasteiger charge is -2.36. The van der Waals surface area contributed by atoms with Crippen LogP contribution >= 0.6 is 0 Å². The summed E-state index contributed by atoms with van der Waals surface area (Å²) in [5, 5.41) is 17.3. The molecule has 5 aromatic rings. The van der Waals surface area contributed by atoms with E-state index in [9.17, 15) is 24.3 Å². The quantitative estimate of drug-likeness (QED) is 0.0757. The summed E-state index contributed by atoms with van der Waals surface area (Å²) in [7, 11) is 0. The Balaban J connectivity index is 0.793. The lowest BCUT2D eigenvalue weighted by molar-refractivity contribution is -0.136. The number of piperazine rings is 1. The highest BCUT2D eigenvalue weighted by atomic mass is 16.3. The van der Waals surface area contributed by atoms with E-state index in [0.717, 1.165) is 80.1 Å². The van der Waals surface area contributed by atoms with Crippen molar-refractivity contribution >= 4 is 46.1 Å². The van der Waals surface area contributed by atoms with E-state index in [1.165, 1.54) is 10.9 Å². The first-order valence-corrected chi connectivity index (χ1v) is 21.1. The SMILES string of the molecule is C=CCn1c(=O)c2cnc(Nc3ccc(N4CCN(CCCC#Cc5cccc6c5CN(C5CCC(=O)NC5=O)C6=O)CC4)cc3)nc2n1-c1ccc2c(n1)[C@@](O)(CC)CC2. The number of carbonyl (C=O) groups excluding carboxylic acids is 3. The van der Waals surface area contributed by atoms with E-state index in [-0.39, 0.29) is 30.3 Å². The number of aryl methyl sites for hydroxylation is 1. The third-order valence-electron chi connectivity index (χ3n) is 12.4. The van der Waals surface area contributed by atoms with Gasteiger partial charge in [0.1, 0.15) is 17.0 Å². The van der Waals surface area contributed by atoms with E-state index in [0.29, 0.717) is 59.9 Å². The molecule has 0 radical (unpaired) electrons. The number of amides is 3. The Hall–Kier alpha value is -6.63. The number of piperidine rings is 1. The third-order valence-corrected chi connectivity index (χ3v) is 12.4. The highest BCUT2D eigenvalue weighted by Crippen LogP contribution is 2.38. The second kappa shape index (κ2) is 16.4. The van der Waals surface area contributed by atoms with Crippen LogP contribution in [0.25, 0.3) is 16.9 Å².